The number of ether oxygens (including phenoxy) is 1. The van der Waals surface area contributed by atoms with Gasteiger partial charge in [0.15, 0.2) is 0 Å². The van der Waals surface area contributed by atoms with Crippen LogP contribution in [-0.4, -0.2) is 36.5 Å². The molecule has 0 aromatic heterocycles. The van der Waals surface area contributed by atoms with Crippen molar-refractivity contribution in [3.05, 3.63) is 65.2 Å². The van der Waals surface area contributed by atoms with Crippen LogP contribution in [0, 0.1) is 13.8 Å². The van der Waals surface area contributed by atoms with E-state index in [0.717, 1.165) is 42.7 Å². The summed E-state index contributed by atoms with van der Waals surface area (Å²) in [6.07, 6.45) is 2.24. The quantitative estimate of drug-likeness (QED) is 0.857. The lowest BCUT2D eigenvalue weighted by atomic mass is 10.1. The molecule has 1 aliphatic rings. The Kier molecular flexibility index (Phi) is 6.42. The highest BCUT2D eigenvalue weighted by Gasteiger charge is 2.21. The molecule has 2 aromatic rings. The number of anilines is 1. The molecule has 1 amide bonds. The zero-order valence-corrected chi connectivity index (χ0v) is 15.7. The van der Waals surface area contributed by atoms with Crippen molar-refractivity contribution in [3.8, 4) is 0 Å². The van der Waals surface area contributed by atoms with Gasteiger partial charge in [-0.1, -0.05) is 36.4 Å². The van der Waals surface area contributed by atoms with E-state index in [1.54, 1.807) is 0 Å². The monoisotopic (exact) mass is 352 g/mol. The van der Waals surface area contributed by atoms with Crippen molar-refractivity contribution in [1.29, 1.82) is 0 Å². The van der Waals surface area contributed by atoms with Gasteiger partial charge in [-0.2, -0.15) is 0 Å². The van der Waals surface area contributed by atoms with Crippen LogP contribution in [0.25, 0.3) is 0 Å². The Morgan fingerprint density at radius 2 is 1.73 bits per heavy atom. The first-order valence-corrected chi connectivity index (χ1v) is 9.34. The largest absolute Gasteiger partial charge is 0.373 e. The molecule has 0 aliphatic carbocycles. The number of carbonyl (C=O) groups excluding carboxylic acids is 1. The number of hydrogen-bond acceptors (Lipinski definition) is 3. The number of nitrogens with zero attached hydrogens (tertiary/aromatic N) is 1. The highest BCUT2D eigenvalue weighted by atomic mass is 16.5. The second-order valence-corrected chi connectivity index (χ2v) is 7.20. The maximum absolute atomic E-state index is 12.3. The molecule has 0 bridgehead atoms. The van der Waals surface area contributed by atoms with Crippen molar-refractivity contribution in [2.24, 2.45) is 0 Å². The van der Waals surface area contributed by atoms with E-state index in [0.29, 0.717) is 13.2 Å². The number of amides is 1. The summed E-state index contributed by atoms with van der Waals surface area (Å²) in [6, 6.07) is 16.4. The number of likely N-dealkylation sites (tertiary alicyclic amines) is 1. The molecule has 1 fully saturated rings. The average molecular weight is 352 g/mol. The molecule has 1 N–H and O–H groups in total. The third-order valence-electron chi connectivity index (χ3n) is 4.74. The molecule has 0 saturated carbocycles. The van der Waals surface area contributed by atoms with E-state index >= 15 is 0 Å². The molecule has 0 spiro atoms. The van der Waals surface area contributed by atoms with Crippen LogP contribution >= 0.6 is 0 Å². The molecule has 1 saturated heterocycles. The van der Waals surface area contributed by atoms with Crippen LogP contribution < -0.4 is 5.32 Å². The molecule has 2 aromatic carbocycles. The molecular weight excluding hydrogens is 324 g/mol. The summed E-state index contributed by atoms with van der Waals surface area (Å²) in [6.45, 7) is 7.00. The maximum atomic E-state index is 12.3. The van der Waals surface area contributed by atoms with Gasteiger partial charge in [-0.05, 0) is 55.5 Å². The number of benzene rings is 2. The zero-order chi connectivity index (χ0) is 18.4. The van der Waals surface area contributed by atoms with Gasteiger partial charge in [0.2, 0.25) is 5.91 Å². The fourth-order valence-electron chi connectivity index (χ4n) is 3.47. The Labute approximate surface area is 156 Å². The van der Waals surface area contributed by atoms with E-state index in [-0.39, 0.29) is 12.0 Å². The standard InChI is InChI=1S/C22H28N2O2/c1-17-12-18(2)14-20(13-17)23-22(25)15-24-10-8-21(9-11-24)26-16-19-6-4-3-5-7-19/h3-7,12-14,21H,8-11,15-16H2,1-2H3,(H,23,25). The van der Waals surface area contributed by atoms with Crippen molar-refractivity contribution >= 4 is 11.6 Å². The fourth-order valence-corrected chi connectivity index (χ4v) is 3.47. The van der Waals surface area contributed by atoms with E-state index in [1.165, 1.54) is 5.56 Å². The summed E-state index contributed by atoms with van der Waals surface area (Å²) >= 11 is 0. The van der Waals surface area contributed by atoms with Gasteiger partial charge in [-0.3, -0.25) is 9.69 Å². The molecule has 4 heteroatoms. The van der Waals surface area contributed by atoms with Gasteiger partial charge < -0.3 is 10.1 Å². The minimum atomic E-state index is 0.0543. The predicted octanol–water partition coefficient (Wildman–Crippen LogP) is 3.92. The second kappa shape index (κ2) is 8.97. The Hall–Kier alpha value is -2.17. The third kappa shape index (κ3) is 5.68. The molecule has 1 aliphatic heterocycles. The molecule has 26 heavy (non-hydrogen) atoms. The van der Waals surface area contributed by atoms with Crippen LogP contribution in [-0.2, 0) is 16.1 Å². The zero-order valence-electron chi connectivity index (χ0n) is 15.7. The van der Waals surface area contributed by atoms with Crippen molar-refractivity contribution in [2.45, 2.75) is 39.4 Å². The number of piperidine rings is 1. The highest BCUT2D eigenvalue weighted by Crippen LogP contribution is 2.17. The summed E-state index contributed by atoms with van der Waals surface area (Å²) in [7, 11) is 0. The summed E-state index contributed by atoms with van der Waals surface area (Å²) in [5.41, 5.74) is 4.42. The number of carbonyl (C=O) groups is 1. The van der Waals surface area contributed by atoms with E-state index in [4.69, 9.17) is 4.74 Å². The lowest BCUT2D eigenvalue weighted by molar-refractivity contribution is -0.118. The van der Waals surface area contributed by atoms with Crippen molar-refractivity contribution in [1.82, 2.24) is 4.90 Å². The molecule has 3 rings (SSSR count). The predicted molar refractivity (Wildman–Crippen MR) is 105 cm³/mol. The molecule has 0 atom stereocenters. The number of nitrogens with one attached hydrogen (secondary N) is 1. The van der Waals surface area contributed by atoms with Gasteiger partial charge in [0.25, 0.3) is 0 Å². The smallest absolute Gasteiger partial charge is 0.238 e. The van der Waals surface area contributed by atoms with Gasteiger partial charge in [0, 0.05) is 18.8 Å². The molecule has 1 heterocycles. The molecule has 0 unspecified atom stereocenters. The first-order chi connectivity index (χ1) is 12.6. The Bertz CT molecular complexity index is 702. The minimum Gasteiger partial charge on any atom is -0.373 e. The summed E-state index contributed by atoms with van der Waals surface area (Å²) in [4.78, 5) is 14.5. The first kappa shape index (κ1) is 18.6. The normalized spacial score (nSPS) is 15.8. The van der Waals surface area contributed by atoms with Crippen LogP contribution in [0.4, 0.5) is 5.69 Å². The molecule has 0 radical (unpaired) electrons. The highest BCUT2D eigenvalue weighted by molar-refractivity contribution is 5.92. The van der Waals surface area contributed by atoms with Crippen molar-refractivity contribution in [3.63, 3.8) is 0 Å². The summed E-state index contributed by atoms with van der Waals surface area (Å²) in [5, 5.41) is 3.02. The van der Waals surface area contributed by atoms with Gasteiger partial charge in [0.1, 0.15) is 0 Å². The van der Waals surface area contributed by atoms with Gasteiger partial charge in [-0.25, -0.2) is 0 Å². The van der Waals surface area contributed by atoms with Gasteiger partial charge in [-0.15, -0.1) is 0 Å². The topological polar surface area (TPSA) is 41.6 Å². The van der Waals surface area contributed by atoms with Crippen LogP contribution in [0.2, 0.25) is 0 Å². The van der Waals surface area contributed by atoms with Crippen molar-refractivity contribution in [2.75, 3.05) is 25.0 Å². The minimum absolute atomic E-state index is 0.0543. The Morgan fingerprint density at radius 1 is 1.08 bits per heavy atom. The molecule has 4 nitrogen and oxygen atoms in total. The van der Waals surface area contributed by atoms with Crippen LogP contribution in [0.15, 0.2) is 48.5 Å². The maximum Gasteiger partial charge on any atom is 0.238 e. The van der Waals surface area contributed by atoms with Crippen LogP contribution in [0.5, 0.6) is 0 Å². The summed E-state index contributed by atoms with van der Waals surface area (Å²) < 4.78 is 6.02. The fraction of sp³-hybridized carbons (Fsp3) is 0.409. The number of aryl methyl sites for hydroxylation is 2. The second-order valence-electron chi connectivity index (χ2n) is 7.20. The van der Waals surface area contributed by atoms with Crippen molar-refractivity contribution < 1.29 is 9.53 Å². The van der Waals surface area contributed by atoms with Crippen LogP contribution in [0.3, 0.4) is 0 Å². The Balaban J connectivity index is 1.40. The van der Waals surface area contributed by atoms with Gasteiger partial charge in [0.05, 0.1) is 19.3 Å². The molecule has 138 valence electrons. The van der Waals surface area contributed by atoms with Gasteiger partial charge >= 0.3 is 0 Å². The van der Waals surface area contributed by atoms with E-state index in [9.17, 15) is 4.79 Å². The van der Waals surface area contributed by atoms with E-state index in [1.807, 2.05) is 44.2 Å². The Morgan fingerprint density at radius 3 is 2.38 bits per heavy atom. The average Bonchev–Trinajstić information content (AvgIpc) is 2.61. The SMILES string of the molecule is Cc1cc(C)cc(NC(=O)CN2CCC(OCc3ccccc3)CC2)c1. The number of rotatable bonds is 6. The first-order valence-electron chi connectivity index (χ1n) is 9.34. The third-order valence-corrected chi connectivity index (χ3v) is 4.74. The number of hydrogen-bond donors (Lipinski definition) is 1. The lowest BCUT2D eigenvalue weighted by Crippen LogP contribution is -2.41. The lowest BCUT2D eigenvalue weighted by Gasteiger charge is -2.31. The van der Waals surface area contributed by atoms with E-state index < -0.39 is 0 Å². The van der Waals surface area contributed by atoms with Crippen LogP contribution in [0.1, 0.15) is 29.5 Å². The van der Waals surface area contributed by atoms with E-state index in [2.05, 4.69) is 28.4 Å². The molecular formula is C22H28N2O2. The summed E-state index contributed by atoms with van der Waals surface area (Å²) in [5.74, 6) is 0.0543.